The van der Waals surface area contributed by atoms with Gasteiger partial charge in [0.15, 0.2) is 5.65 Å². The van der Waals surface area contributed by atoms with E-state index >= 15 is 0 Å². The highest BCUT2D eigenvalue weighted by Crippen LogP contribution is 2.38. The van der Waals surface area contributed by atoms with Gasteiger partial charge in [-0.2, -0.15) is 10.1 Å². The topological polar surface area (TPSA) is 76.9 Å². The SMILES string of the molecule is C[C@H](CCn1ncc2cnc(Nc3ccc4c(c3)CNCC4)nc21)O[Si](c1ccccc1)(c1ccccc1)C(C)(C)C. The fraction of sp³-hybridized carbons (Fsp3) is 0.324. The van der Waals surface area contributed by atoms with Crippen LogP contribution in [0.3, 0.4) is 0 Å². The van der Waals surface area contributed by atoms with Crippen LogP contribution in [0.1, 0.15) is 45.2 Å². The molecule has 2 aromatic heterocycles. The van der Waals surface area contributed by atoms with Gasteiger partial charge >= 0.3 is 0 Å². The van der Waals surface area contributed by atoms with Gasteiger partial charge in [0.25, 0.3) is 8.32 Å². The molecule has 0 unspecified atom stereocenters. The molecule has 3 aromatic carbocycles. The molecule has 0 saturated heterocycles. The molecule has 7 nitrogen and oxygen atoms in total. The van der Waals surface area contributed by atoms with E-state index < -0.39 is 8.32 Å². The lowest BCUT2D eigenvalue weighted by atomic mass is 10.0. The predicted octanol–water partition coefficient (Wildman–Crippen LogP) is 5.57. The van der Waals surface area contributed by atoms with Crippen molar-refractivity contribution in [3.05, 3.63) is 102 Å². The summed E-state index contributed by atoms with van der Waals surface area (Å²) in [5, 5.41) is 15.0. The van der Waals surface area contributed by atoms with Crippen molar-refractivity contribution in [1.29, 1.82) is 0 Å². The summed E-state index contributed by atoms with van der Waals surface area (Å²) >= 11 is 0. The average molecular weight is 577 g/mol. The summed E-state index contributed by atoms with van der Waals surface area (Å²) in [5.74, 6) is 0.574. The van der Waals surface area contributed by atoms with Gasteiger partial charge in [-0.3, -0.25) is 0 Å². The van der Waals surface area contributed by atoms with Gasteiger partial charge in [0, 0.05) is 31.1 Å². The molecule has 0 fully saturated rings. The Kier molecular flexibility index (Phi) is 7.94. The van der Waals surface area contributed by atoms with Gasteiger partial charge < -0.3 is 15.1 Å². The van der Waals surface area contributed by atoms with Gasteiger partial charge in [-0.1, -0.05) is 87.5 Å². The molecular weight excluding hydrogens is 537 g/mol. The minimum absolute atomic E-state index is 0.0130. The van der Waals surface area contributed by atoms with Gasteiger partial charge in [0.1, 0.15) is 0 Å². The number of rotatable bonds is 9. The first-order valence-corrected chi connectivity index (χ1v) is 16.8. The number of benzene rings is 3. The van der Waals surface area contributed by atoms with E-state index in [1.165, 1.54) is 21.5 Å². The number of nitrogens with zero attached hydrogens (tertiary/aromatic N) is 4. The molecule has 1 atom stereocenters. The minimum atomic E-state index is -2.62. The molecule has 42 heavy (non-hydrogen) atoms. The van der Waals surface area contributed by atoms with E-state index in [1.807, 2.05) is 17.1 Å². The maximum atomic E-state index is 7.28. The Hall–Kier alpha value is -3.85. The molecular formula is C34H40N6OSi. The maximum Gasteiger partial charge on any atom is 0.261 e. The van der Waals surface area contributed by atoms with Crippen molar-refractivity contribution in [3.63, 3.8) is 0 Å². The number of aromatic nitrogens is 4. The summed E-state index contributed by atoms with van der Waals surface area (Å²) in [6.45, 7) is 11.8. The van der Waals surface area contributed by atoms with Crippen molar-refractivity contribution in [2.75, 3.05) is 11.9 Å². The molecule has 3 heterocycles. The second kappa shape index (κ2) is 11.8. The van der Waals surface area contributed by atoms with Crippen LogP contribution in [0.4, 0.5) is 11.6 Å². The highest BCUT2D eigenvalue weighted by atomic mass is 28.4. The zero-order valence-electron chi connectivity index (χ0n) is 25.0. The van der Waals surface area contributed by atoms with Crippen LogP contribution >= 0.6 is 0 Å². The van der Waals surface area contributed by atoms with Crippen molar-refractivity contribution in [3.8, 4) is 0 Å². The van der Waals surface area contributed by atoms with E-state index in [-0.39, 0.29) is 11.1 Å². The predicted molar refractivity (Wildman–Crippen MR) is 173 cm³/mol. The number of aryl methyl sites for hydroxylation is 1. The second-order valence-corrected chi connectivity index (χ2v) is 16.5. The molecule has 5 aromatic rings. The van der Waals surface area contributed by atoms with E-state index in [0.29, 0.717) is 12.5 Å². The van der Waals surface area contributed by atoms with Gasteiger partial charge in [-0.05, 0) is 65.0 Å². The van der Waals surface area contributed by atoms with E-state index in [1.54, 1.807) is 0 Å². The molecule has 2 N–H and O–H groups in total. The van der Waals surface area contributed by atoms with Gasteiger partial charge in [0.05, 0.1) is 11.6 Å². The number of anilines is 2. The van der Waals surface area contributed by atoms with E-state index in [9.17, 15) is 0 Å². The molecule has 6 rings (SSSR count). The lowest BCUT2D eigenvalue weighted by Gasteiger charge is -2.44. The maximum absolute atomic E-state index is 7.28. The number of nitrogens with one attached hydrogen (secondary N) is 2. The quantitative estimate of drug-likeness (QED) is 0.224. The van der Waals surface area contributed by atoms with E-state index in [2.05, 4.69) is 127 Å². The first-order valence-electron chi connectivity index (χ1n) is 14.9. The lowest BCUT2D eigenvalue weighted by molar-refractivity contribution is 0.188. The second-order valence-electron chi connectivity index (χ2n) is 12.3. The Bertz CT molecular complexity index is 1610. The summed E-state index contributed by atoms with van der Waals surface area (Å²) in [5.41, 5.74) is 4.55. The summed E-state index contributed by atoms with van der Waals surface area (Å²) in [6.07, 6.45) is 5.58. The number of fused-ring (bicyclic) bond motifs is 2. The Morgan fingerprint density at radius 2 is 1.67 bits per heavy atom. The molecule has 0 saturated carbocycles. The Labute approximate surface area is 249 Å². The largest absolute Gasteiger partial charge is 0.405 e. The molecule has 0 radical (unpaired) electrons. The van der Waals surface area contributed by atoms with Crippen LogP contribution in [0, 0.1) is 0 Å². The highest BCUT2D eigenvalue weighted by Gasteiger charge is 2.50. The lowest BCUT2D eigenvalue weighted by Crippen LogP contribution is -2.67. The molecule has 216 valence electrons. The van der Waals surface area contributed by atoms with Crippen LogP contribution in [0.25, 0.3) is 11.0 Å². The first kappa shape index (κ1) is 28.3. The molecule has 1 aliphatic heterocycles. The van der Waals surface area contributed by atoms with Crippen LogP contribution in [0.2, 0.25) is 5.04 Å². The van der Waals surface area contributed by atoms with Crippen molar-refractivity contribution >= 4 is 41.4 Å². The van der Waals surface area contributed by atoms with Crippen molar-refractivity contribution in [1.82, 2.24) is 25.1 Å². The summed E-state index contributed by atoms with van der Waals surface area (Å²) < 4.78 is 9.26. The smallest absolute Gasteiger partial charge is 0.261 e. The Balaban J connectivity index is 1.22. The van der Waals surface area contributed by atoms with Crippen LogP contribution in [0.5, 0.6) is 0 Å². The van der Waals surface area contributed by atoms with Gasteiger partial charge in [0.2, 0.25) is 5.95 Å². The van der Waals surface area contributed by atoms with Gasteiger partial charge in [-0.15, -0.1) is 0 Å². The van der Waals surface area contributed by atoms with Gasteiger partial charge in [-0.25, -0.2) is 9.67 Å². The fourth-order valence-corrected chi connectivity index (χ4v) is 10.9. The molecule has 1 aliphatic rings. The average Bonchev–Trinajstić information content (AvgIpc) is 3.41. The van der Waals surface area contributed by atoms with Crippen molar-refractivity contribution in [2.45, 2.75) is 64.8 Å². The standard InChI is InChI=1S/C34H40N6OSi/c1-25(41-42(34(2,3)4,30-11-7-5-8-12-30)31-13-9-6-10-14-31)18-20-40-32-28(24-37-40)23-36-33(39-32)38-29-16-15-26-17-19-35-22-27(26)21-29/h5-16,21,23-25,35H,17-20,22H2,1-4H3,(H,36,38,39)/t25-/m1/s1. The Morgan fingerprint density at radius 3 is 2.36 bits per heavy atom. The molecule has 8 heteroatoms. The summed E-state index contributed by atoms with van der Waals surface area (Å²) in [6, 6.07) is 28.1. The fourth-order valence-electron chi connectivity index (χ4n) is 6.13. The van der Waals surface area contributed by atoms with Crippen LogP contribution < -0.4 is 21.0 Å². The normalized spacial score (nSPS) is 14.5. The minimum Gasteiger partial charge on any atom is -0.405 e. The van der Waals surface area contributed by atoms with E-state index in [4.69, 9.17) is 9.41 Å². The number of hydrogen-bond donors (Lipinski definition) is 2. The van der Waals surface area contributed by atoms with E-state index in [0.717, 1.165) is 42.7 Å². The van der Waals surface area contributed by atoms with Crippen molar-refractivity contribution < 1.29 is 4.43 Å². The Morgan fingerprint density at radius 1 is 0.952 bits per heavy atom. The molecule has 0 aliphatic carbocycles. The highest BCUT2D eigenvalue weighted by molar-refractivity contribution is 6.99. The first-order chi connectivity index (χ1) is 20.3. The molecule has 0 bridgehead atoms. The summed E-state index contributed by atoms with van der Waals surface area (Å²) in [7, 11) is -2.62. The number of hydrogen-bond acceptors (Lipinski definition) is 6. The monoisotopic (exact) mass is 576 g/mol. The zero-order valence-corrected chi connectivity index (χ0v) is 26.0. The molecule has 0 amide bonds. The van der Waals surface area contributed by atoms with Crippen LogP contribution in [-0.2, 0) is 23.9 Å². The third-order valence-electron chi connectivity index (χ3n) is 8.27. The van der Waals surface area contributed by atoms with Crippen LogP contribution in [0.15, 0.2) is 91.3 Å². The third kappa shape index (κ3) is 5.62. The molecule has 0 spiro atoms. The zero-order chi connectivity index (χ0) is 29.2. The summed E-state index contributed by atoms with van der Waals surface area (Å²) in [4.78, 5) is 9.42. The third-order valence-corrected chi connectivity index (χ3v) is 13.4. The van der Waals surface area contributed by atoms with Crippen molar-refractivity contribution in [2.24, 2.45) is 0 Å². The van der Waals surface area contributed by atoms with Crippen LogP contribution in [-0.4, -0.2) is 40.7 Å².